The highest BCUT2D eigenvalue weighted by atomic mass is 14.6. The summed E-state index contributed by atoms with van der Waals surface area (Å²) in [6.45, 7) is 3.78. The molecule has 0 fully saturated rings. The monoisotopic (exact) mass is 209 g/mol. The molecule has 0 aliphatic rings. The molecular weight excluding hydrogens is 194 g/mol. The molecule has 2 aromatic rings. The first kappa shape index (κ1) is 10.6. The third-order valence-electron chi connectivity index (χ3n) is 2.61. The van der Waals surface area contributed by atoms with Gasteiger partial charge in [0.15, 0.2) is 0 Å². The van der Waals surface area contributed by atoms with Crippen molar-refractivity contribution in [2.75, 3.05) is 0 Å². The largest absolute Gasteiger partial charge is 0.264 e. The Hall–Kier alpha value is -1.89. The van der Waals surface area contributed by atoms with Crippen molar-refractivity contribution in [2.45, 2.75) is 12.8 Å². The van der Waals surface area contributed by atoms with Crippen LogP contribution < -0.4 is 0 Å². The number of aromatic nitrogens is 1. The average Bonchev–Trinajstić information content (AvgIpc) is 2.33. The number of allylic oxidation sites excluding steroid dienone is 1. The van der Waals surface area contributed by atoms with Gasteiger partial charge in [0, 0.05) is 12.4 Å². The Labute approximate surface area is 96.5 Å². The van der Waals surface area contributed by atoms with Gasteiger partial charge in [-0.25, -0.2) is 0 Å². The molecule has 0 atom stereocenters. The molecule has 1 heteroatoms. The van der Waals surface area contributed by atoms with Crippen molar-refractivity contribution in [1.82, 2.24) is 4.98 Å². The molecule has 0 N–H and O–H groups in total. The zero-order chi connectivity index (χ0) is 11.2. The molecule has 0 amide bonds. The Morgan fingerprint density at radius 2 is 1.88 bits per heavy atom. The van der Waals surface area contributed by atoms with Gasteiger partial charge < -0.3 is 0 Å². The summed E-state index contributed by atoms with van der Waals surface area (Å²) in [4.78, 5) is 4.16. The van der Waals surface area contributed by atoms with Gasteiger partial charge in [-0.3, -0.25) is 4.98 Å². The minimum Gasteiger partial charge on any atom is -0.264 e. The van der Waals surface area contributed by atoms with Crippen molar-refractivity contribution >= 4 is 0 Å². The summed E-state index contributed by atoms with van der Waals surface area (Å²) in [5, 5.41) is 0. The van der Waals surface area contributed by atoms with Gasteiger partial charge in [0.25, 0.3) is 0 Å². The highest BCUT2D eigenvalue weighted by Crippen LogP contribution is 2.13. The van der Waals surface area contributed by atoms with Gasteiger partial charge in [-0.05, 0) is 35.6 Å². The minimum atomic E-state index is 0.885. The smallest absolute Gasteiger partial charge is 0.0305 e. The van der Waals surface area contributed by atoms with Crippen LogP contribution in [0.15, 0.2) is 61.4 Å². The Bertz CT molecular complexity index is 460. The van der Waals surface area contributed by atoms with Crippen LogP contribution >= 0.6 is 0 Å². The van der Waals surface area contributed by atoms with E-state index in [0.717, 1.165) is 12.8 Å². The SMILES string of the molecule is C=CCc1cnccc1Cc1ccccc1. The minimum absolute atomic E-state index is 0.885. The number of nitrogens with zero attached hydrogens (tertiary/aromatic N) is 1. The first-order valence-electron chi connectivity index (χ1n) is 5.46. The van der Waals surface area contributed by atoms with E-state index in [9.17, 15) is 0 Å². The van der Waals surface area contributed by atoms with Crippen LogP contribution in [0.3, 0.4) is 0 Å². The maximum atomic E-state index is 4.16. The molecule has 80 valence electrons. The van der Waals surface area contributed by atoms with E-state index in [4.69, 9.17) is 0 Å². The number of pyridine rings is 1. The third kappa shape index (κ3) is 2.57. The molecule has 0 spiro atoms. The molecule has 1 aromatic heterocycles. The van der Waals surface area contributed by atoms with E-state index < -0.39 is 0 Å². The topological polar surface area (TPSA) is 12.9 Å². The van der Waals surface area contributed by atoms with Gasteiger partial charge in [-0.15, -0.1) is 6.58 Å². The van der Waals surface area contributed by atoms with Crippen LogP contribution in [-0.4, -0.2) is 4.98 Å². The summed E-state index contributed by atoms with van der Waals surface area (Å²) in [7, 11) is 0. The van der Waals surface area contributed by atoms with Gasteiger partial charge >= 0.3 is 0 Å². The fourth-order valence-corrected chi connectivity index (χ4v) is 1.78. The quantitative estimate of drug-likeness (QED) is 0.703. The molecule has 0 bridgehead atoms. The second-order valence-electron chi connectivity index (χ2n) is 3.80. The number of rotatable bonds is 4. The fraction of sp³-hybridized carbons (Fsp3) is 0.133. The van der Waals surface area contributed by atoms with Crippen LogP contribution in [-0.2, 0) is 12.8 Å². The number of hydrogen-bond donors (Lipinski definition) is 0. The van der Waals surface area contributed by atoms with E-state index in [1.54, 1.807) is 0 Å². The summed E-state index contributed by atoms with van der Waals surface area (Å²) >= 11 is 0. The van der Waals surface area contributed by atoms with Crippen molar-refractivity contribution < 1.29 is 0 Å². The zero-order valence-electron chi connectivity index (χ0n) is 9.26. The molecule has 0 radical (unpaired) electrons. The van der Waals surface area contributed by atoms with Crippen LogP contribution in [0.1, 0.15) is 16.7 Å². The molecule has 1 heterocycles. The van der Waals surface area contributed by atoms with Gasteiger partial charge in [-0.1, -0.05) is 36.4 Å². The number of benzene rings is 1. The Morgan fingerprint density at radius 3 is 2.62 bits per heavy atom. The van der Waals surface area contributed by atoms with Crippen molar-refractivity contribution in [1.29, 1.82) is 0 Å². The molecule has 0 saturated carbocycles. The average molecular weight is 209 g/mol. The maximum Gasteiger partial charge on any atom is 0.0305 e. The Morgan fingerprint density at radius 1 is 1.06 bits per heavy atom. The molecule has 0 saturated heterocycles. The van der Waals surface area contributed by atoms with E-state index in [0.29, 0.717) is 0 Å². The molecule has 0 aliphatic heterocycles. The highest BCUT2D eigenvalue weighted by molar-refractivity contribution is 5.31. The van der Waals surface area contributed by atoms with E-state index in [1.165, 1.54) is 16.7 Å². The first-order chi connectivity index (χ1) is 7.90. The van der Waals surface area contributed by atoms with Crippen LogP contribution in [0.4, 0.5) is 0 Å². The molecule has 2 rings (SSSR count). The summed E-state index contributed by atoms with van der Waals surface area (Å²) in [6.07, 6.45) is 7.55. The number of hydrogen-bond acceptors (Lipinski definition) is 1. The zero-order valence-corrected chi connectivity index (χ0v) is 9.26. The summed E-state index contributed by atoms with van der Waals surface area (Å²) in [5.41, 5.74) is 3.93. The lowest BCUT2D eigenvalue weighted by Crippen LogP contribution is -1.95. The first-order valence-corrected chi connectivity index (χ1v) is 5.46. The van der Waals surface area contributed by atoms with Crippen LogP contribution in [0.2, 0.25) is 0 Å². The van der Waals surface area contributed by atoms with Crippen molar-refractivity contribution in [2.24, 2.45) is 0 Å². The standard InChI is InChI=1S/C15H15N/c1-2-6-15-12-16-10-9-14(15)11-13-7-4-3-5-8-13/h2-5,7-10,12H,1,6,11H2. The fourth-order valence-electron chi connectivity index (χ4n) is 1.78. The predicted octanol–water partition coefficient (Wildman–Crippen LogP) is 3.40. The highest BCUT2D eigenvalue weighted by Gasteiger charge is 2.01. The predicted molar refractivity (Wildman–Crippen MR) is 67.4 cm³/mol. The van der Waals surface area contributed by atoms with Crippen molar-refractivity contribution in [3.8, 4) is 0 Å². The van der Waals surface area contributed by atoms with Gasteiger partial charge in [0.2, 0.25) is 0 Å². The third-order valence-corrected chi connectivity index (χ3v) is 2.61. The van der Waals surface area contributed by atoms with Crippen LogP contribution in [0.5, 0.6) is 0 Å². The summed E-state index contributed by atoms with van der Waals surface area (Å²) in [6, 6.07) is 12.6. The van der Waals surface area contributed by atoms with Gasteiger partial charge in [0.05, 0.1) is 0 Å². The molecular formula is C15H15N. The van der Waals surface area contributed by atoms with E-state index in [1.807, 2.05) is 24.5 Å². The summed E-state index contributed by atoms with van der Waals surface area (Å²) in [5.74, 6) is 0. The molecule has 1 aromatic carbocycles. The van der Waals surface area contributed by atoms with Gasteiger partial charge in [-0.2, -0.15) is 0 Å². The Balaban J connectivity index is 2.24. The van der Waals surface area contributed by atoms with Crippen molar-refractivity contribution in [3.05, 3.63) is 78.1 Å². The molecule has 0 unspecified atom stereocenters. The van der Waals surface area contributed by atoms with E-state index in [2.05, 4.69) is 41.9 Å². The van der Waals surface area contributed by atoms with Crippen LogP contribution in [0.25, 0.3) is 0 Å². The van der Waals surface area contributed by atoms with Crippen molar-refractivity contribution in [3.63, 3.8) is 0 Å². The van der Waals surface area contributed by atoms with Gasteiger partial charge in [0.1, 0.15) is 0 Å². The van der Waals surface area contributed by atoms with E-state index in [-0.39, 0.29) is 0 Å². The summed E-state index contributed by atoms with van der Waals surface area (Å²) < 4.78 is 0. The van der Waals surface area contributed by atoms with E-state index >= 15 is 0 Å². The lowest BCUT2D eigenvalue weighted by atomic mass is 10.00. The lowest BCUT2D eigenvalue weighted by molar-refractivity contribution is 1.08. The lowest BCUT2D eigenvalue weighted by Gasteiger charge is -2.06. The van der Waals surface area contributed by atoms with Crippen LogP contribution in [0, 0.1) is 0 Å². The normalized spacial score (nSPS) is 10.0. The second-order valence-corrected chi connectivity index (χ2v) is 3.80. The molecule has 0 aliphatic carbocycles. The second kappa shape index (κ2) is 5.26. The molecule has 1 nitrogen and oxygen atoms in total. The maximum absolute atomic E-state index is 4.16. The Kier molecular flexibility index (Phi) is 3.50. The molecule has 16 heavy (non-hydrogen) atoms.